The van der Waals surface area contributed by atoms with E-state index in [9.17, 15) is 4.79 Å². The number of hydrogen-bond donors (Lipinski definition) is 1. The average molecular weight is 335 g/mol. The van der Waals surface area contributed by atoms with Gasteiger partial charge < -0.3 is 4.90 Å². The number of aromatic nitrogens is 2. The number of nitrogens with one attached hydrogen (secondary N) is 1. The number of aromatic amines is 1. The van der Waals surface area contributed by atoms with Gasteiger partial charge in [-0.2, -0.15) is 5.10 Å². The van der Waals surface area contributed by atoms with Crippen molar-refractivity contribution in [3.8, 4) is 10.4 Å². The Morgan fingerprint density at radius 1 is 1.21 bits per heavy atom. The van der Waals surface area contributed by atoms with Gasteiger partial charge in [-0.25, -0.2) is 0 Å². The molecule has 4 nitrogen and oxygen atoms in total. The van der Waals surface area contributed by atoms with Crippen molar-refractivity contribution in [3.63, 3.8) is 0 Å². The van der Waals surface area contributed by atoms with Crippen molar-refractivity contribution in [1.82, 2.24) is 15.1 Å². The van der Waals surface area contributed by atoms with Crippen LogP contribution in [0.1, 0.15) is 16.1 Å². The number of thiophene rings is 1. The molecule has 0 saturated carbocycles. The van der Waals surface area contributed by atoms with Crippen molar-refractivity contribution in [3.05, 3.63) is 70.9 Å². The van der Waals surface area contributed by atoms with Crippen molar-refractivity contribution in [2.45, 2.75) is 13.0 Å². The molecule has 0 aliphatic carbocycles. The minimum atomic E-state index is 0.0523. The number of hydrogen-bond acceptors (Lipinski definition) is 3. The van der Waals surface area contributed by atoms with Crippen LogP contribution in [0.25, 0.3) is 16.5 Å². The molecule has 2 aromatic heterocycles. The summed E-state index contributed by atoms with van der Waals surface area (Å²) in [7, 11) is 0. The number of rotatable bonds is 3. The first-order chi connectivity index (χ1) is 11.8. The summed E-state index contributed by atoms with van der Waals surface area (Å²) in [5, 5.41) is 7.03. The predicted molar refractivity (Wildman–Crippen MR) is 96.5 cm³/mol. The molecule has 3 heterocycles. The van der Waals surface area contributed by atoms with Gasteiger partial charge in [0.25, 0.3) is 0 Å². The van der Waals surface area contributed by atoms with E-state index >= 15 is 0 Å². The van der Waals surface area contributed by atoms with Crippen LogP contribution in [0.3, 0.4) is 0 Å². The average Bonchev–Trinajstić information content (AvgIpc) is 3.29. The normalized spacial score (nSPS) is 14.1. The van der Waals surface area contributed by atoms with Gasteiger partial charge in [-0.15, -0.1) is 11.3 Å². The molecule has 0 radical (unpaired) electrons. The van der Waals surface area contributed by atoms with E-state index in [-0.39, 0.29) is 5.91 Å². The second-order valence-electron chi connectivity index (χ2n) is 5.78. The Balaban J connectivity index is 1.44. The molecule has 120 valence electrons. The lowest BCUT2D eigenvalue weighted by Crippen LogP contribution is -2.34. The Labute approximate surface area is 144 Å². The highest BCUT2D eigenvalue weighted by Gasteiger charge is 2.20. The summed E-state index contributed by atoms with van der Waals surface area (Å²) in [6, 6.07) is 14.4. The number of carbonyl (C=O) groups is 1. The molecule has 1 aliphatic rings. The molecule has 3 aromatic rings. The standard InChI is InChI=1S/C19H17N3OS/c23-19(22-11-10-17-15(13-22)12-20-21-17)9-7-16-6-8-18(24-16)14-4-2-1-3-5-14/h1-9,12H,10-11,13H2,(H,20,21). The third-order valence-corrected chi connectivity index (χ3v) is 5.29. The summed E-state index contributed by atoms with van der Waals surface area (Å²) in [6.45, 7) is 1.37. The highest BCUT2D eigenvalue weighted by atomic mass is 32.1. The van der Waals surface area contributed by atoms with Crippen molar-refractivity contribution < 1.29 is 4.79 Å². The molecule has 5 heteroatoms. The lowest BCUT2D eigenvalue weighted by molar-refractivity contribution is -0.126. The molecule has 0 atom stereocenters. The van der Waals surface area contributed by atoms with Crippen LogP contribution in [0, 0.1) is 0 Å². The third-order valence-electron chi connectivity index (χ3n) is 4.19. The molecular formula is C19H17N3OS. The monoisotopic (exact) mass is 335 g/mol. The molecule has 0 bridgehead atoms. The van der Waals surface area contributed by atoms with Gasteiger partial charge in [0.1, 0.15) is 0 Å². The van der Waals surface area contributed by atoms with Crippen LogP contribution < -0.4 is 0 Å². The van der Waals surface area contributed by atoms with Crippen LogP contribution in [0.2, 0.25) is 0 Å². The van der Waals surface area contributed by atoms with Gasteiger partial charge in [0.15, 0.2) is 0 Å². The van der Waals surface area contributed by atoms with Gasteiger partial charge in [0.05, 0.1) is 6.20 Å². The molecule has 1 aromatic carbocycles. The zero-order valence-electron chi connectivity index (χ0n) is 13.1. The number of nitrogens with zero attached hydrogens (tertiary/aromatic N) is 2. The van der Waals surface area contributed by atoms with Crippen molar-refractivity contribution in [1.29, 1.82) is 0 Å². The predicted octanol–water partition coefficient (Wildman–Crippen LogP) is 3.74. The van der Waals surface area contributed by atoms with E-state index < -0.39 is 0 Å². The van der Waals surface area contributed by atoms with E-state index in [1.807, 2.05) is 35.4 Å². The van der Waals surface area contributed by atoms with Gasteiger partial charge in [-0.05, 0) is 23.8 Å². The Morgan fingerprint density at radius 3 is 2.96 bits per heavy atom. The minimum absolute atomic E-state index is 0.0523. The Morgan fingerprint density at radius 2 is 2.08 bits per heavy atom. The van der Waals surface area contributed by atoms with Gasteiger partial charge in [-0.3, -0.25) is 9.89 Å². The van der Waals surface area contributed by atoms with E-state index in [4.69, 9.17) is 0 Å². The van der Waals surface area contributed by atoms with Crippen LogP contribution in [0.15, 0.2) is 54.7 Å². The molecule has 0 fully saturated rings. The topological polar surface area (TPSA) is 49.0 Å². The second-order valence-corrected chi connectivity index (χ2v) is 6.90. The number of amides is 1. The highest BCUT2D eigenvalue weighted by Crippen LogP contribution is 2.28. The Kier molecular flexibility index (Phi) is 4.01. The molecule has 1 N–H and O–H groups in total. The summed E-state index contributed by atoms with van der Waals surface area (Å²) in [4.78, 5) is 16.6. The maximum absolute atomic E-state index is 12.4. The third kappa shape index (κ3) is 3.03. The molecule has 1 aliphatic heterocycles. The van der Waals surface area contributed by atoms with E-state index in [1.54, 1.807) is 17.4 Å². The van der Waals surface area contributed by atoms with E-state index in [0.29, 0.717) is 6.54 Å². The molecular weight excluding hydrogens is 318 g/mol. The van der Waals surface area contributed by atoms with Crippen LogP contribution in [0.5, 0.6) is 0 Å². The minimum Gasteiger partial charge on any atom is -0.334 e. The fourth-order valence-electron chi connectivity index (χ4n) is 2.87. The van der Waals surface area contributed by atoms with Crippen LogP contribution in [-0.2, 0) is 17.8 Å². The molecule has 4 rings (SSSR count). The molecule has 0 unspecified atom stereocenters. The number of fused-ring (bicyclic) bond motifs is 1. The van der Waals surface area contributed by atoms with Crippen LogP contribution in [-0.4, -0.2) is 27.5 Å². The van der Waals surface area contributed by atoms with E-state index in [1.165, 1.54) is 10.4 Å². The lowest BCUT2D eigenvalue weighted by atomic mass is 10.1. The van der Waals surface area contributed by atoms with E-state index in [2.05, 4.69) is 34.5 Å². The lowest BCUT2D eigenvalue weighted by Gasteiger charge is -2.25. The fourth-order valence-corrected chi connectivity index (χ4v) is 3.79. The fraction of sp³-hybridized carbons (Fsp3) is 0.158. The smallest absolute Gasteiger partial charge is 0.246 e. The van der Waals surface area contributed by atoms with Crippen LogP contribution >= 0.6 is 11.3 Å². The SMILES string of the molecule is O=C(C=Cc1ccc(-c2ccccc2)s1)N1CCc2[nH]ncc2C1. The zero-order valence-corrected chi connectivity index (χ0v) is 13.9. The molecule has 0 spiro atoms. The van der Waals surface area contributed by atoms with Crippen LogP contribution in [0.4, 0.5) is 0 Å². The van der Waals surface area contributed by atoms with Crippen molar-refractivity contribution >= 4 is 23.3 Å². The van der Waals surface area contributed by atoms with Gasteiger partial charge in [0, 0.05) is 46.6 Å². The second kappa shape index (κ2) is 6.45. The number of carbonyl (C=O) groups excluding carboxylic acids is 1. The maximum Gasteiger partial charge on any atom is 0.246 e. The number of H-pyrrole nitrogens is 1. The summed E-state index contributed by atoms with van der Waals surface area (Å²) >= 11 is 1.69. The van der Waals surface area contributed by atoms with Gasteiger partial charge in [0.2, 0.25) is 5.91 Å². The first kappa shape index (κ1) is 14.9. The highest BCUT2D eigenvalue weighted by molar-refractivity contribution is 7.16. The Hall–Kier alpha value is -2.66. The summed E-state index contributed by atoms with van der Waals surface area (Å²) in [6.07, 6.45) is 6.23. The number of benzene rings is 1. The first-order valence-electron chi connectivity index (χ1n) is 7.93. The largest absolute Gasteiger partial charge is 0.334 e. The molecule has 24 heavy (non-hydrogen) atoms. The maximum atomic E-state index is 12.4. The molecule has 1 amide bonds. The molecule has 0 saturated heterocycles. The van der Waals surface area contributed by atoms with Crippen molar-refractivity contribution in [2.75, 3.05) is 6.54 Å². The summed E-state index contributed by atoms with van der Waals surface area (Å²) in [5.41, 5.74) is 3.47. The summed E-state index contributed by atoms with van der Waals surface area (Å²) < 4.78 is 0. The van der Waals surface area contributed by atoms with Gasteiger partial charge in [-0.1, -0.05) is 30.3 Å². The Bertz CT molecular complexity index is 879. The van der Waals surface area contributed by atoms with E-state index in [0.717, 1.165) is 29.1 Å². The van der Waals surface area contributed by atoms with Gasteiger partial charge >= 0.3 is 0 Å². The quantitative estimate of drug-likeness (QED) is 0.741. The zero-order chi connectivity index (χ0) is 16.4. The first-order valence-corrected chi connectivity index (χ1v) is 8.74. The van der Waals surface area contributed by atoms with Crippen molar-refractivity contribution in [2.24, 2.45) is 0 Å². The summed E-state index contributed by atoms with van der Waals surface area (Å²) in [5.74, 6) is 0.0523.